The molecule has 170 valence electrons. The van der Waals surface area contributed by atoms with Crippen LogP contribution in [0.15, 0.2) is 54.6 Å². The van der Waals surface area contributed by atoms with E-state index in [0.29, 0.717) is 6.61 Å². The van der Waals surface area contributed by atoms with Gasteiger partial charge in [0.15, 0.2) is 0 Å². The Morgan fingerprint density at radius 2 is 1.53 bits per heavy atom. The zero-order chi connectivity index (χ0) is 22.7. The molecular formula is C27H36N2O2Si. The maximum Gasteiger partial charge on any atom is 0.119 e. The van der Waals surface area contributed by atoms with Gasteiger partial charge in [-0.3, -0.25) is 4.90 Å². The second kappa shape index (κ2) is 9.55. The van der Waals surface area contributed by atoms with Crippen LogP contribution in [0.25, 0.3) is 16.9 Å². The summed E-state index contributed by atoms with van der Waals surface area (Å²) in [6, 6.07) is 22.1. The second-order valence-electron chi connectivity index (χ2n) is 9.59. The highest BCUT2D eigenvalue weighted by atomic mass is 28.3. The van der Waals surface area contributed by atoms with Gasteiger partial charge in [0.1, 0.15) is 11.5 Å². The topological polar surface area (TPSA) is 26.6 Å². The van der Waals surface area contributed by atoms with E-state index in [1.54, 1.807) is 7.11 Å². The number of benzene rings is 2. The minimum Gasteiger partial charge on any atom is -0.497 e. The van der Waals surface area contributed by atoms with Crippen molar-refractivity contribution in [3.8, 4) is 28.4 Å². The van der Waals surface area contributed by atoms with Crippen LogP contribution in [0, 0.1) is 6.92 Å². The highest BCUT2D eigenvalue weighted by Gasteiger charge is 2.28. The number of hydrogen-bond donors (Lipinski definition) is 0. The number of rotatable bonds is 7. The fourth-order valence-corrected chi connectivity index (χ4v) is 6.73. The molecule has 0 bridgehead atoms. The van der Waals surface area contributed by atoms with Gasteiger partial charge in [0, 0.05) is 26.0 Å². The smallest absolute Gasteiger partial charge is 0.119 e. The van der Waals surface area contributed by atoms with Gasteiger partial charge in [0.2, 0.25) is 0 Å². The maximum atomic E-state index is 5.69. The minimum absolute atomic E-state index is 0.681. The molecule has 1 aliphatic heterocycles. The van der Waals surface area contributed by atoms with Crippen molar-refractivity contribution in [1.82, 2.24) is 9.47 Å². The van der Waals surface area contributed by atoms with Crippen molar-refractivity contribution in [1.29, 1.82) is 0 Å². The number of methoxy groups -OCH3 is 1. The lowest BCUT2D eigenvalue weighted by Crippen LogP contribution is -2.42. The third kappa shape index (κ3) is 4.94. The third-order valence-electron chi connectivity index (χ3n) is 6.64. The maximum absolute atomic E-state index is 5.69. The summed E-state index contributed by atoms with van der Waals surface area (Å²) in [7, 11) is 0.729. The SMILES string of the molecule is CCOc1ccc(-c2c(CN3CC[Si](C)(C)CC3)cc(C)n2-c2ccc(OC)cc2)cc1. The van der Waals surface area contributed by atoms with Gasteiger partial charge in [-0.15, -0.1) is 0 Å². The lowest BCUT2D eigenvalue weighted by Gasteiger charge is -2.35. The quantitative estimate of drug-likeness (QED) is 0.392. The van der Waals surface area contributed by atoms with Gasteiger partial charge in [-0.25, -0.2) is 0 Å². The lowest BCUT2D eigenvalue weighted by atomic mass is 10.1. The van der Waals surface area contributed by atoms with Crippen molar-refractivity contribution in [3.05, 3.63) is 65.9 Å². The Kier molecular flexibility index (Phi) is 6.77. The van der Waals surface area contributed by atoms with Crippen LogP contribution < -0.4 is 9.47 Å². The van der Waals surface area contributed by atoms with Crippen LogP contribution in [-0.4, -0.2) is 44.3 Å². The summed E-state index contributed by atoms with van der Waals surface area (Å²) in [6.07, 6.45) is 0. The normalized spacial score (nSPS) is 16.2. The van der Waals surface area contributed by atoms with E-state index >= 15 is 0 Å². The fraction of sp³-hybridized carbons (Fsp3) is 0.407. The number of aromatic nitrogens is 1. The Bertz CT molecular complexity index is 1030. The first-order valence-electron chi connectivity index (χ1n) is 11.7. The molecule has 0 aliphatic carbocycles. The van der Waals surface area contributed by atoms with Crippen molar-refractivity contribution in [3.63, 3.8) is 0 Å². The zero-order valence-corrected chi connectivity index (χ0v) is 21.1. The van der Waals surface area contributed by atoms with Gasteiger partial charge >= 0.3 is 0 Å². The van der Waals surface area contributed by atoms with Crippen LogP contribution in [0.3, 0.4) is 0 Å². The van der Waals surface area contributed by atoms with Gasteiger partial charge in [0.25, 0.3) is 0 Å². The predicted octanol–water partition coefficient (Wildman–Crippen LogP) is 6.38. The van der Waals surface area contributed by atoms with E-state index in [0.717, 1.165) is 23.7 Å². The standard InChI is InChI=1S/C27H36N2O2Si/c1-6-31-26-11-7-22(8-12-26)27-23(20-28-15-17-32(4,5)18-16-28)19-21(2)29(27)24-9-13-25(30-3)14-10-24/h7-14,19H,6,15-18,20H2,1-5H3. The van der Waals surface area contributed by atoms with Gasteiger partial charge < -0.3 is 14.0 Å². The molecule has 1 saturated heterocycles. The highest BCUT2D eigenvalue weighted by molar-refractivity contribution is 6.77. The predicted molar refractivity (Wildman–Crippen MR) is 136 cm³/mol. The Balaban J connectivity index is 1.73. The van der Waals surface area contributed by atoms with Crippen LogP contribution in [0.1, 0.15) is 18.2 Å². The molecule has 0 unspecified atom stereocenters. The van der Waals surface area contributed by atoms with Crippen LogP contribution in [0.2, 0.25) is 25.2 Å². The average Bonchev–Trinajstić information content (AvgIpc) is 3.11. The number of aryl methyl sites for hydroxylation is 1. The molecule has 0 spiro atoms. The monoisotopic (exact) mass is 448 g/mol. The van der Waals surface area contributed by atoms with E-state index < -0.39 is 8.07 Å². The summed E-state index contributed by atoms with van der Waals surface area (Å²) in [6.45, 7) is 13.4. The molecule has 0 N–H and O–H groups in total. The first-order chi connectivity index (χ1) is 15.4. The van der Waals surface area contributed by atoms with Crippen molar-refractivity contribution < 1.29 is 9.47 Å². The van der Waals surface area contributed by atoms with E-state index in [1.807, 2.05) is 19.1 Å². The first kappa shape index (κ1) is 22.7. The molecule has 1 aliphatic rings. The molecule has 3 aromatic rings. The molecule has 0 amide bonds. The van der Waals surface area contributed by atoms with Crippen LogP contribution in [0.4, 0.5) is 0 Å². The molecule has 5 heteroatoms. The first-order valence-corrected chi connectivity index (χ1v) is 15.1. The van der Waals surface area contributed by atoms with Crippen molar-refractivity contribution in [2.75, 3.05) is 26.8 Å². The molecule has 1 aromatic heterocycles. The molecule has 0 radical (unpaired) electrons. The van der Waals surface area contributed by atoms with Gasteiger partial charge in [-0.1, -0.05) is 13.1 Å². The van der Waals surface area contributed by atoms with Gasteiger partial charge in [-0.2, -0.15) is 0 Å². The molecular weight excluding hydrogens is 412 g/mol. The molecule has 2 aromatic carbocycles. The number of ether oxygens (including phenoxy) is 2. The molecule has 1 fully saturated rings. The Labute approximate surface area is 193 Å². The second-order valence-corrected chi connectivity index (χ2v) is 14.9. The fourth-order valence-electron chi connectivity index (χ4n) is 4.64. The van der Waals surface area contributed by atoms with Crippen LogP contribution >= 0.6 is 0 Å². The molecule has 4 rings (SSSR count). The Morgan fingerprint density at radius 3 is 2.12 bits per heavy atom. The van der Waals surface area contributed by atoms with E-state index in [9.17, 15) is 0 Å². The summed E-state index contributed by atoms with van der Waals surface area (Å²) < 4.78 is 13.5. The largest absolute Gasteiger partial charge is 0.497 e. The molecule has 0 atom stereocenters. The van der Waals surface area contributed by atoms with E-state index in [1.165, 1.54) is 47.7 Å². The summed E-state index contributed by atoms with van der Waals surface area (Å²) in [5, 5.41) is 0. The van der Waals surface area contributed by atoms with Crippen LogP contribution in [-0.2, 0) is 6.54 Å². The minimum atomic E-state index is -0.981. The lowest BCUT2D eigenvalue weighted by molar-refractivity contribution is 0.282. The molecule has 0 saturated carbocycles. The summed E-state index contributed by atoms with van der Waals surface area (Å²) >= 11 is 0. The molecule has 4 nitrogen and oxygen atoms in total. The Hall–Kier alpha value is -2.50. The van der Waals surface area contributed by atoms with Crippen molar-refractivity contribution in [2.24, 2.45) is 0 Å². The van der Waals surface area contributed by atoms with Crippen molar-refractivity contribution in [2.45, 2.75) is 45.6 Å². The van der Waals surface area contributed by atoms with E-state index in [-0.39, 0.29) is 0 Å². The Morgan fingerprint density at radius 1 is 0.906 bits per heavy atom. The van der Waals surface area contributed by atoms with Gasteiger partial charge in [0.05, 0.1) is 19.4 Å². The summed E-state index contributed by atoms with van der Waals surface area (Å²) in [4.78, 5) is 2.64. The van der Waals surface area contributed by atoms with E-state index in [2.05, 4.69) is 71.9 Å². The van der Waals surface area contributed by atoms with Crippen molar-refractivity contribution >= 4 is 8.07 Å². The third-order valence-corrected chi connectivity index (χ3v) is 9.79. The van der Waals surface area contributed by atoms with Gasteiger partial charge in [-0.05, 0) is 105 Å². The number of hydrogen-bond acceptors (Lipinski definition) is 3. The summed E-state index contributed by atoms with van der Waals surface area (Å²) in [5.41, 5.74) is 6.30. The zero-order valence-electron chi connectivity index (χ0n) is 20.1. The average molecular weight is 449 g/mol. The van der Waals surface area contributed by atoms with Crippen LogP contribution in [0.5, 0.6) is 11.5 Å². The number of nitrogens with zero attached hydrogens (tertiary/aromatic N) is 2. The van der Waals surface area contributed by atoms with E-state index in [4.69, 9.17) is 9.47 Å². The highest BCUT2D eigenvalue weighted by Crippen LogP contribution is 2.34. The molecule has 32 heavy (non-hydrogen) atoms. The molecule has 2 heterocycles. The summed E-state index contributed by atoms with van der Waals surface area (Å²) in [5.74, 6) is 1.79.